The Morgan fingerprint density at radius 2 is 1.18 bits per heavy atom. The summed E-state index contributed by atoms with van der Waals surface area (Å²) in [5.41, 5.74) is 6.20. The van der Waals surface area contributed by atoms with Crippen molar-refractivity contribution in [3.63, 3.8) is 0 Å². The first kappa shape index (κ1) is 23.0. The lowest BCUT2D eigenvalue weighted by Crippen LogP contribution is -2.36. The Bertz CT molecular complexity index is 2010. The molecule has 5 heteroatoms. The van der Waals surface area contributed by atoms with Gasteiger partial charge in [-0.15, -0.1) is 0 Å². The van der Waals surface area contributed by atoms with Crippen LogP contribution in [0, 0.1) is 0 Å². The van der Waals surface area contributed by atoms with Gasteiger partial charge in [0, 0.05) is 50.5 Å². The molecular formula is C35H24N3OP. The van der Waals surface area contributed by atoms with E-state index in [-0.39, 0.29) is 0 Å². The van der Waals surface area contributed by atoms with E-state index >= 15 is 4.57 Å². The summed E-state index contributed by atoms with van der Waals surface area (Å²) in [4.78, 5) is 6.65. The molecule has 5 aromatic carbocycles. The first-order chi connectivity index (χ1) is 19.7. The van der Waals surface area contributed by atoms with Crippen molar-refractivity contribution < 1.29 is 4.57 Å². The first-order valence-electron chi connectivity index (χ1n) is 13.3. The van der Waals surface area contributed by atoms with Crippen LogP contribution >= 0.6 is 7.14 Å². The van der Waals surface area contributed by atoms with Gasteiger partial charge in [0.25, 0.3) is 0 Å². The maximum absolute atomic E-state index is 15.2. The molecule has 0 amide bonds. The van der Waals surface area contributed by atoms with E-state index in [9.17, 15) is 0 Å². The molecule has 1 aliphatic rings. The third-order valence-electron chi connectivity index (χ3n) is 7.86. The number of para-hydroxylation sites is 3. The van der Waals surface area contributed by atoms with E-state index in [1.54, 1.807) is 0 Å². The van der Waals surface area contributed by atoms with Crippen LogP contribution in [0.2, 0.25) is 0 Å². The number of rotatable bonds is 3. The van der Waals surface area contributed by atoms with Gasteiger partial charge >= 0.3 is 0 Å². The summed E-state index contributed by atoms with van der Waals surface area (Å²) in [6, 6.07) is 45.3. The number of fused-ring (bicyclic) bond motifs is 5. The minimum Gasteiger partial charge on any atom is -0.309 e. The van der Waals surface area contributed by atoms with E-state index in [4.69, 9.17) is 0 Å². The molecule has 3 heterocycles. The summed E-state index contributed by atoms with van der Waals surface area (Å²) >= 11 is 0. The van der Waals surface area contributed by atoms with Crippen molar-refractivity contribution in [2.24, 2.45) is 0 Å². The summed E-state index contributed by atoms with van der Waals surface area (Å²) in [6.45, 7) is 0. The highest BCUT2D eigenvalue weighted by molar-refractivity contribution is 7.86. The van der Waals surface area contributed by atoms with Gasteiger partial charge in [-0.1, -0.05) is 78.9 Å². The molecule has 0 unspecified atom stereocenters. The largest absolute Gasteiger partial charge is 0.309 e. The predicted octanol–water partition coefficient (Wildman–Crippen LogP) is 7.60. The number of pyridine rings is 1. The molecule has 7 aromatic rings. The van der Waals surface area contributed by atoms with Crippen molar-refractivity contribution in [1.29, 1.82) is 0 Å². The molecule has 0 saturated carbocycles. The molecule has 0 spiro atoms. The van der Waals surface area contributed by atoms with Crippen LogP contribution in [-0.2, 0) is 4.57 Å². The number of nitrogens with zero attached hydrogens (tertiary/aromatic N) is 3. The fraction of sp³-hybridized carbons (Fsp3) is 0. The quantitative estimate of drug-likeness (QED) is 0.220. The maximum atomic E-state index is 15.2. The van der Waals surface area contributed by atoms with Crippen LogP contribution in [0.1, 0.15) is 0 Å². The Hall–Kier alpha value is -4.92. The number of anilines is 3. The molecule has 4 nitrogen and oxygen atoms in total. The van der Waals surface area contributed by atoms with Crippen LogP contribution in [0.4, 0.5) is 17.1 Å². The van der Waals surface area contributed by atoms with E-state index in [1.807, 2.05) is 79.1 Å². The third kappa shape index (κ3) is 3.20. The second-order valence-electron chi connectivity index (χ2n) is 10.0. The van der Waals surface area contributed by atoms with Gasteiger partial charge in [-0.05, 0) is 54.6 Å². The smallest absolute Gasteiger partial charge is 0.175 e. The Morgan fingerprint density at radius 3 is 1.95 bits per heavy atom. The molecule has 0 saturated heterocycles. The van der Waals surface area contributed by atoms with Gasteiger partial charge in [0.2, 0.25) is 0 Å². The average Bonchev–Trinajstić information content (AvgIpc) is 3.36. The van der Waals surface area contributed by atoms with Crippen molar-refractivity contribution >= 4 is 61.9 Å². The lowest BCUT2D eigenvalue weighted by molar-refractivity contribution is 0.592. The molecule has 190 valence electrons. The van der Waals surface area contributed by atoms with Crippen molar-refractivity contribution in [2.75, 3.05) is 4.90 Å². The van der Waals surface area contributed by atoms with Crippen molar-refractivity contribution in [1.82, 2.24) is 9.55 Å². The molecule has 8 rings (SSSR count). The van der Waals surface area contributed by atoms with Crippen LogP contribution in [0.25, 0.3) is 27.5 Å². The topological polar surface area (TPSA) is 38.1 Å². The normalized spacial score (nSPS) is 13.8. The minimum atomic E-state index is -3.08. The molecule has 40 heavy (non-hydrogen) atoms. The van der Waals surface area contributed by atoms with Crippen LogP contribution in [0.5, 0.6) is 0 Å². The predicted molar refractivity (Wildman–Crippen MR) is 166 cm³/mol. The Morgan fingerprint density at radius 1 is 0.550 bits per heavy atom. The lowest BCUT2D eigenvalue weighted by atomic mass is 10.1. The molecule has 0 aliphatic carbocycles. The van der Waals surface area contributed by atoms with E-state index < -0.39 is 7.14 Å². The molecule has 1 aliphatic heterocycles. The van der Waals surface area contributed by atoms with E-state index in [0.29, 0.717) is 0 Å². The van der Waals surface area contributed by atoms with Gasteiger partial charge in [0.15, 0.2) is 7.14 Å². The summed E-state index contributed by atoms with van der Waals surface area (Å²) in [5, 5.41) is 4.86. The molecule has 0 bridgehead atoms. The van der Waals surface area contributed by atoms with E-state index in [0.717, 1.165) is 55.1 Å². The second kappa shape index (κ2) is 8.81. The van der Waals surface area contributed by atoms with Gasteiger partial charge < -0.3 is 14.0 Å². The van der Waals surface area contributed by atoms with E-state index in [2.05, 4.69) is 81.2 Å². The van der Waals surface area contributed by atoms with Gasteiger partial charge in [0.05, 0.1) is 22.4 Å². The number of hydrogen-bond donors (Lipinski definition) is 0. The monoisotopic (exact) mass is 533 g/mol. The zero-order valence-electron chi connectivity index (χ0n) is 21.6. The van der Waals surface area contributed by atoms with Crippen LogP contribution in [0.15, 0.2) is 146 Å². The zero-order valence-corrected chi connectivity index (χ0v) is 22.4. The molecule has 0 N–H and O–H groups in total. The Labute approximate surface area is 232 Å². The highest BCUT2D eigenvalue weighted by atomic mass is 31.2. The first-order valence-corrected chi connectivity index (χ1v) is 15.0. The molecule has 0 fully saturated rings. The highest BCUT2D eigenvalue weighted by Gasteiger charge is 2.40. The zero-order chi connectivity index (χ0) is 26.7. The highest BCUT2D eigenvalue weighted by Crippen LogP contribution is 2.54. The molecular weight excluding hydrogens is 509 g/mol. The Kier molecular flexibility index (Phi) is 5.07. The number of aromatic nitrogens is 2. The van der Waals surface area contributed by atoms with Crippen LogP contribution in [0.3, 0.4) is 0 Å². The standard InChI is InChI=1S/C35H24N3OP/c39-40(27-13-2-1-3-14-27)34-19-8-6-17-32(34)38(33-18-7-9-20-35(33)40)26-12-10-11-25(23-26)37-30-16-5-4-15-28(30)29-24-36-22-21-31(29)37/h1-24H. The van der Waals surface area contributed by atoms with Crippen molar-refractivity contribution in [3.8, 4) is 5.69 Å². The summed E-state index contributed by atoms with van der Waals surface area (Å²) in [5.74, 6) is 0. The minimum absolute atomic E-state index is 0.849. The summed E-state index contributed by atoms with van der Waals surface area (Å²) < 4.78 is 17.5. The maximum Gasteiger partial charge on any atom is 0.175 e. The van der Waals surface area contributed by atoms with Crippen molar-refractivity contribution in [2.45, 2.75) is 0 Å². The number of hydrogen-bond acceptors (Lipinski definition) is 3. The average molecular weight is 534 g/mol. The summed E-state index contributed by atoms with van der Waals surface area (Å²) in [7, 11) is -3.08. The van der Waals surface area contributed by atoms with Gasteiger partial charge in [-0.3, -0.25) is 4.98 Å². The summed E-state index contributed by atoms with van der Waals surface area (Å²) in [6.07, 6.45) is 3.79. The lowest BCUT2D eigenvalue weighted by Gasteiger charge is -2.38. The second-order valence-corrected chi connectivity index (χ2v) is 12.7. The van der Waals surface area contributed by atoms with Gasteiger partial charge in [-0.2, -0.15) is 0 Å². The fourth-order valence-electron chi connectivity index (χ4n) is 6.16. The van der Waals surface area contributed by atoms with Gasteiger partial charge in [0.1, 0.15) is 0 Å². The third-order valence-corrected chi connectivity index (χ3v) is 11.0. The van der Waals surface area contributed by atoms with Gasteiger partial charge in [-0.25, -0.2) is 0 Å². The SMILES string of the molecule is O=P1(c2ccccc2)c2ccccc2N(c2cccc(-n3c4ccccc4c4cnccc43)c2)c2ccccc21. The Balaban J connectivity index is 1.38. The van der Waals surface area contributed by atoms with E-state index in [1.165, 1.54) is 5.39 Å². The molecule has 0 radical (unpaired) electrons. The van der Waals surface area contributed by atoms with Crippen LogP contribution < -0.4 is 20.8 Å². The molecule has 2 aromatic heterocycles. The van der Waals surface area contributed by atoms with Crippen molar-refractivity contribution in [3.05, 3.63) is 146 Å². The molecule has 0 atom stereocenters. The fourth-order valence-corrected chi connectivity index (χ4v) is 9.15. The number of benzene rings is 5. The van der Waals surface area contributed by atoms with Crippen LogP contribution in [-0.4, -0.2) is 9.55 Å².